The molecule has 0 spiro atoms. The zero-order valence-corrected chi connectivity index (χ0v) is 23.2. The maximum absolute atomic E-state index is 13.6. The van der Waals surface area contributed by atoms with Crippen molar-refractivity contribution >= 4 is 17.7 Å². The van der Waals surface area contributed by atoms with Gasteiger partial charge < -0.3 is 19.9 Å². The second kappa shape index (κ2) is 11.5. The molecule has 1 aromatic heterocycles. The van der Waals surface area contributed by atoms with Gasteiger partial charge in [-0.05, 0) is 43.0 Å². The number of alkyl halides is 4. The lowest BCUT2D eigenvalue weighted by Crippen LogP contribution is -2.45. The first kappa shape index (κ1) is 29.7. The molecule has 3 heterocycles. The van der Waals surface area contributed by atoms with Crippen molar-refractivity contribution in [3.8, 4) is 5.75 Å². The summed E-state index contributed by atoms with van der Waals surface area (Å²) in [6, 6.07) is 8.45. The molecular weight excluding hydrogens is 560 g/mol. The van der Waals surface area contributed by atoms with Gasteiger partial charge in [0.1, 0.15) is 17.5 Å². The largest absolute Gasteiger partial charge is 0.535 e. The van der Waals surface area contributed by atoms with Crippen molar-refractivity contribution in [2.45, 2.75) is 82.4 Å². The molecule has 1 aliphatic carbocycles. The van der Waals surface area contributed by atoms with E-state index >= 15 is 0 Å². The normalized spacial score (nSPS) is 23.0. The van der Waals surface area contributed by atoms with E-state index in [4.69, 9.17) is 0 Å². The van der Waals surface area contributed by atoms with Crippen LogP contribution in [0.5, 0.6) is 5.75 Å². The molecule has 0 bridgehead atoms. The fourth-order valence-electron chi connectivity index (χ4n) is 5.94. The number of likely N-dealkylation sites (tertiary alicyclic amines) is 1. The summed E-state index contributed by atoms with van der Waals surface area (Å²) >= 11 is 0. The molecule has 1 saturated heterocycles. The van der Waals surface area contributed by atoms with Gasteiger partial charge in [0.25, 0.3) is 5.91 Å². The third-order valence-electron chi connectivity index (χ3n) is 8.25. The minimum Gasteiger partial charge on any atom is -0.409 e. The Morgan fingerprint density at radius 2 is 1.81 bits per heavy atom. The third kappa shape index (κ3) is 6.35. The number of benzene rings is 1. The monoisotopic (exact) mass is 592 g/mol. The molecule has 2 aliphatic heterocycles. The van der Waals surface area contributed by atoms with Crippen LogP contribution in [0, 0.1) is 0 Å². The SMILES string of the molecule is CC(=O)N1CC(c2cccc3c2COC(F)(F)O3)C[C@@H]1C(=O)NCc1cccc(C(=O)N(C)C2CCC(F)(F)CC2)n1. The van der Waals surface area contributed by atoms with E-state index in [1.165, 1.54) is 28.9 Å². The van der Waals surface area contributed by atoms with Crippen molar-refractivity contribution in [3.63, 3.8) is 0 Å². The van der Waals surface area contributed by atoms with Gasteiger partial charge in [0, 0.05) is 50.9 Å². The lowest BCUT2D eigenvalue weighted by Gasteiger charge is -2.34. The van der Waals surface area contributed by atoms with E-state index in [1.807, 2.05) is 0 Å². The van der Waals surface area contributed by atoms with E-state index in [-0.39, 0.29) is 81.1 Å². The molecule has 3 amide bonds. The van der Waals surface area contributed by atoms with Crippen molar-refractivity contribution in [1.29, 1.82) is 0 Å². The lowest BCUT2D eigenvalue weighted by atomic mass is 9.91. The van der Waals surface area contributed by atoms with E-state index in [0.29, 0.717) is 16.8 Å². The summed E-state index contributed by atoms with van der Waals surface area (Å²) in [5.74, 6) is -4.14. The van der Waals surface area contributed by atoms with Gasteiger partial charge in [-0.15, -0.1) is 8.78 Å². The first-order valence-electron chi connectivity index (χ1n) is 13.8. The summed E-state index contributed by atoms with van der Waals surface area (Å²) < 4.78 is 63.4. The molecule has 42 heavy (non-hydrogen) atoms. The number of hydrogen-bond donors (Lipinski definition) is 1. The van der Waals surface area contributed by atoms with Crippen LogP contribution in [0.3, 0.4) is 0 Å². The standard InChI is InChI=1S/C29H32F4N4O5/c1-17(38)37-15-18(21-6-4-8-25-22(21)16-41-29(32,33)42-25)13-24(37)26(39)34-14-19-5-3-7-23(35-19)27(40)36(2)20-9-11-28(30,31)12-10-20/h3-8,18,20,24H,9-16H2,1-2H3,(H,34,39)/t18?,24-/m1/s1. The van der Waals surface area contributed by atoms with Gasteiger partial charge in [0.15, 0.2) is 0 Å². The van der Waals surface area contributed by atoms with Crippen LogP contribution < -0.4 is 10.1 Å². The third-order valence-corrected chi connectivity index (χ3v) is 8.25. The molecule has 1 saturated carbocycles. The van der Waals surface area contributed by atoms with Crippen molar-refractivity contribution < 1.29 is 41.4 Å². The predicted molar refractivity (Wildman–Crippen MR) is 141 cm³/mol. The zero-order chi connectivity index (χ0) is 30.2. The van der Waals surface area contributed by atoms with E-state index in [2.05, 4.69) is 19.8 Å². The number of pyridine rings is 1. The van der Waals surface area contributed by atoms with Crippen molar-refractivity contribution in [2.75, 3.05) is 13.6 Å². The quantitative estimate of drug-likeness (QED) is 0.505. The summed E-state index contributed by atoms with van der Waals surface area (Å²) in [5, 5.41) is 2.79. The molecule has 9 nitrogen and oxygen atoms in total. The Morgan fingerprint density at radius 1 is 1.10 bits per heavy atom. The van der Waals surface area contributed by atoms with Crippen LogP contribution in [0.2, 0.25) is 0 Å². The summed E-state index contributed by atoms with van der Waals surface area (Å²) in [4.78, 5) is 46.0. The second-order valence-electron chi connectivity index (χ2n) is 11.0. The smallest absolute Gasteiger partial charge is 0.409 e. The number of ether oxygens (including phenoxy) is 2. The molecule has 2 fully saturated rings. The van der Waals surface area contributed by atoms with E-state index in [1.54, 1.807) is 31.3 Å². The zero-order valence-electron chi connectivity index (χ0n) is 23.2. The number of nitrogens with one attached hydrogen (secondary N) is 1. The first-order chi connectivity index (χ1) is 19.8. The Balaban J connectivity index is 1.23. The molecule has 226 valence electrons. The molecule has 0 radical (unpaired) electrons. The van der Waals surface area contributed by atoms with E-state index < -0.39 is 30.1 Å². The summed E-state index contributed by atoms with van der Waals surface area (Å²) in [6.45, 7) is 1.19. The van der Waals surface area contributed by atoms with Gasteiger partial charge in [0.2, 0.25) is 17.7 Å². The van der Waals surface area contributed by atoms with Gasteiger partial charge in [-0.3, -0.25) is 19.1 Å². The number of carbonyl (C=O) groups is 3. The van der Waals surface area contributed by atoms with Gasteiger partial charge in [-0.25, -0.2) is 13.8 Å². The van der Waals surface area contributed by atoms with Gasteiger partial charge in [-0.1, -0.05) is 18.2 Å². The Bertz CT molecular complexity index is 1360. The van der Waals surface area contributed by atoms with Gasteiger partial charge in [0.05, 0.1) is 18.8 Å². The van der Waals surface area contributed by atoms with Crippen LogP contribution in [-0.4, -0.2) is 70.4 Å². The Kier molecular flexibility index (Phi) is 8.15. The molecule has 2 atom stereocenters. The average molecular weight is 593 g/mol. The van der Waals surface area contributed by atoms with Crippen molar-refractivity contribution in [1.82, 2.24) is 20.1 Å². The predicted octanol–water partition coefficient (Wildman–Crippen LogP) is 4.21. The van der Waals surface area contributed by atoms with Crippen LogP contribution in [0.25, 0.3) is 0 Å². The van der Waals surface area contributed by atoms with Crippen LogP contribution in [-0.2, 0) is 27.5 Å². The fourth-order valence-corrected chi connectivity index (χ4v) is 5.94. The first-order valence-corrected chi connectivity index (χ1v) is 13.8. The maximum Gasteiger partial charge on any atom is 0.535 e. The maximum atomic E-state index is 13.6. The summed E-state index contributed by atoms with van der Waals surface area (Å²) in [5.41, 5.74) is 1.67. The Labute approximate surface area is 240 Å². The van der Waals surface area contributed by atoms with Gasteiger partial charge >= 0.3 is 6.29 Å². The Morgan fingerprint density at radius 3 is 2.52 bits per heavy atom. The topological polar surface area (TPSA) is 101 Å². The van der Waals surface area contributed by atoms with Crippen LogP contribution in [0.15, 0.2) is 36.4 Å². The number of fused-ring (bicyclic) bond motifs is 1. The minimum absolute atomic E-state index is 0.00130. The number of nitrogens with zero attached hydrogens (tertiary/aromatic N) is 3. The minimum atomic E-state index is -3.73. The fraction of sp³-hybridized carbons (Fsp3) is 0.517. The van der Waals surface area contributed by atoms with Crippen molar-refractivity contribution in [2.24, 2.45) is 0 Å². The van der Waals surface area contributed by atoms with E-state index in [9.17, 15) is 31.9 Å². The Hall–Kier alpha value is -3.74. The molecule has 1 unspecified atom stereocenters. The molecule has 3 aliphatic rings. The highest BCUT2D eigenvalue weighted by molar-refractivity contribution is 5.92. The number of hydrogen-bond acceptors (Lipinski definition) is 6. The number of aromatic nitrogens is 1. The number of carbonyl (C=O) groups excluding carboxylic acids is 3. The van der Waals surface area contributed by atoms with Crippen LogP contribution >= 0.6 is 0 Å². The number of amides is 3. The second-order valence-corrected chi connectivity index (χ2v) is 11.0. The molecule has 13 heteroatoms. The molecule has 2 aromatic rings. The molecule has 1 aromatic carbocycles. The summed E-state index contributed by atoms with van der Waals surface area (Å²) in [7, 11) is 1.58. The summed E-state index contributed by atoms with van der Waals surface area (Å²) in [6.07, 6.45) is -3.59. The number of rotatable bonds is 6. The highest BCUT2D eigenvalue weighted by atomic mass is 19.3. The van der Waals surface area contributed by atoms with Gasteiger partial charge in [-0.2, -0.15) is 0 Å². The highest BCUT2D eigenvalue weighted by Crippen LogP contribution is 2.41. The lowest BCUT2D eigenvalue weighted by molar-refractivity contribution is -0.368. The number of halogens is 4. The van der Waals surface area contributed by atoms with E-state index in [0.717, 1.165) is 0 Å². The van der Waals surface area contributed by atoms with Crippen molar-refractivity contribution in [3.05, 3.63) is 58.9 Å². The van der Waals surface area contributed by atoms with Crippen LogP contribution in [0.1, 0.15) is 72.3 Å². The average Bonchev–Trinajstić information content (AvgIpc) is 3.40. The highest BCUT2D eigenvalue weighted by Gasteiger charge is 2.43. The molecule has 5 rings (SSSR count). The molecular formula is C29H32F4N4O5. The molecule has 1 N–H and O–H groups in total. The van der Waals surface area contributed by atoms with Crippen LogP contribution in [0.4, 0.5) is 17.6 Å².